The monoisotopic (exact) mass is 438 g/mol. The number of benzene rings is 2. The Hall–Kier alpha value is -1.13. The molecule has 0 bridgehead atoms. The molecular weight excluding hydrogens is 419 g/mol. The van der Waals surface area contributed by atoms with Crippen LogP contribution < -0.4 is 0 Å². The summed E-state index contributed by atoms with van der Waals surface area (Å²) in [6.45, 7) is 3.19. The third kappa shape index (κ3) is 6.18. The van der Waals surface area contributed by atoms with E-state index in [0.29, 0.717) is 5.02 Å². The van der Waals surface area contributed by atoms with Crippen LogP contribution >= 0.6 is 46.6 Å². The van der Waals surface area contributed by atoms with Gasteiger partial charge in [-0.25, -0.2) is 4.98 Å². The van der Waals surface area contributed by atoms with E-state index in [4.69, 9.17) is 34.8 Å². The average molecular weight is 440 g/mol. The molecule has 0 aliphatic heterocycles. The average Bonchev–Trinajstić information content (AvgIpc) is 3.13. The minimum Gasteiger partial charge on any atom is -0.336 e. The number of aryl methyl sites for hydroxylation is 1. The van der Waals surface area contributed by atoms with Gasteiger partial charge in [-0.2, -0.15) is 0 Å². The summed E-state index contributed by atoms with van der Waals surface area (Å²) in [5.74, 6) is 0.835. The molecule has 3 rings (SSSR count). The van der Waals surface area contributed by atoms with Gasteiger partial charge >= 0.3 is 0 Å². The molecule has 142 valence electrons. The summed E-state index contributed by atoms with van der Waals surface area (Å²) in [4.78, 5) is 4.18. The highest BCUT2D eigenvalue weighted by Gasteiger charge is 2.26. The van der Waals surface area contributed by atoms with E-state index >= 15 is 0 Å². The predicted octanol–water partition coefficient (Wildman–Crippen LogP) is 7.17. The lowest BCUT2D eigenvalue weighted by atomic mass is 10.00. The molecule has 0 fully saturated rings. The van der Waals surface area contributed by atoms with Gasteiger partial charge in [0.25, 0.3) is 0 Å². The molecule has 0 saturated carbocycles. The van der Waals surface area contributed by atoms with Crippen LogP contribution in [0.25, 0.3) is 0 Å². The van der Waals surface area contributed by atoms with Gasteiger partial charge in [0.15, 0.2) is 0 Å². The van der Waals surface area contributed by atoms with Gasteiger partial charge in [0.1, 0.15) is 0 Å². The second-order valence-corrected chi connectivity index (χ2v) is 9.68. The summed E-state index contributed by atoms with van der Waals surface area (Å²) in [7, 11) is 0. The van der Waals surface area contributed by atoms with Crippen molar-refractivity contribution in [2.45, 2.75) is 36.8 Å². The summed E-state index contributed by atoms with van der Waals surface area (Å²) >= 11 is 20.3. The van der Waals surface area contributed by atoms with Crippen LogP contribution in [-0.4, -0.2) is 14.3 Å². The van der Waals surface area contributed by atoms with Gasteiger partial charge in [-0.15, -0.1) is 11.8 Å². The Bertz CT molecular complexity index is 866. The minimum absolute atomic E-state index is 0.0311. The van der Waals surface area contributed by atoms with Crippen LogP contribution in [0.15, 0.2) is 61.2 Å². The van der Waals surface area contributed by atoms with Gasteiger partial charge in [0.2, 0.25) is 0 Å². The van der Waals surface area contributed by atoms with Crippen LogP contribution in [0.4, 0.5) is 0 Å². The fourth-order valence-electron chi connectivity index (χ4n) is 2.91. The lowest BCUT2D eigenvalue weighted by Gasteiger charge is -2.30. The summed E-state index contributed by atoms with van der Waals surface area (Å²) < 4.78 is 2.17. The van der Waals surface area contributed by atoms with Gasteiger partial charge in [-0.1, -0.05) is 53.0 Å². The normalized spacial score (nSPS) is 13.5. The molecular formula is C21H21Cl3N2S. The van der Waals surface area contributed by atoms with E-state index in [9.17, 15) is 0 Å². The summed E-state index contributed by atoms with van der Waals surface area (Å²) in [5.41, 5.74) is 2.40. The van der Waals surface area contributed by atoms with Gasteiger partial charge in [-0.05, 0) is 55.2 Å². The molecule has 1 atom stereocenters. The maximum Gasteiger partial charge on any atom is 0.0946 e. The number of halogens is 3. The second-order valence-electron chi connectivity index (χ2n) is 6.84. The van der Waals surface area contributed by atoms with Crippen molar-refractivity contribution in [3.8, 4) is 0 Å². The zero-order chi connectivity index (χ0) is 19.3. The van der Waals surface area contributed by atoms with E-state index in [1.54, 1.807) is 6.07 Å². The zero-order valence-corrected chi connectivity index (χ0v) is 18.1. The van der Waals surface area contributed by atoms with Crippen molar-refractivity contribution in [2.75, 3.05) is 0 Å². The highest BCUT2D eigenvalue weighted by Crippen LogP contribution is 2.36. The molecule has 27 heavy (non-hydrogen) atoms. The van der Waals surface area contributed by atoms with Crippen LogP contribution in [-0.2, 0) is 18.7 Å². The van der Waals surface area contributed by atoms with Gasteiger partial charge < -0.3 is 4.57 Å². The first kappa shape index (κ1) is 20.6. The Labute approximate surface area is 179 Å². The number of hydrogen-bond acceptors (Lipinski definition) is 2. The molecule has 3 aromatic rings. The Kier molecular flexibility index (Phi) is 7.16. The van der Waals surface area contributed by atoms with Gasteiger partial charge in [0, 0.05) is 44.5 Å². The Morgan fingerprint density at radius 1 is 1.04 bits per heavy atom. The quantitative estimate of drug-likeness (QED) is 0.370. The molecule has 2 aromatic carbocycles. The number of thioether (sulfide) groups is 1. The van der Waals surface area contributed by atoms with Gasteiger partial charge in [0.05, 0.1) is 6.33 Å². The minimum atomic E-state index is 0.0311. The third-order valence-corrected chi connectivity index (χ3v) is 6.85. The predicted molar refractivity (Wildman–Crippen MR) is 118 cm³/mol. The van der Waals surface area contributed by atoms with Crippen molar-refractivity contribution in [3.05, 3.63) is 87.4 Å². The summed E-state index contributed by atoms with van der Waals surface area (Å²) in [5, 5.41) is 2.15. The van der Waals surface area contributed by atoms with Crippen LogP contribution in [0.2, 0.25) is 15.1 Å². The lowest BCUT2D eigenvalue weighted by molar-refractivity contribution is 0.495. The first-order valence-electron chi connectivity index (χ1n) is 8.72. The maximum atomic E-state index is 6.36. The SMILES string of the molecule is CC(CCc1ccc(Cl)cc1)(Cn1ccnc1)SCc1ccc(Cl)cc1Cl. The smallest absolute Gasteiger partial charge is 0.0946 e. The van der Waals surface area contributed by atoms with Gasteiger partial charge in [-0.3, -0.25) is 0 Å². The first-order chi connectivity index (χ1) is 12.9. The Morgan fingerprint density at radius 2 is 1.78 bits per heavy atom. The summed E-state index contributed by atoms with van der Waals surface area (Å²) in [6.07, 6.45) is 7.72. The van der Waals surface area contributed by atoms with Crippen molar-refractivity contribution in [2.24, 2.45) is 0 Å². The molecule has 1 unspecified atom stereocenters. The van der Waals surface area contributed by atoms with Crippen molar-refractivity contribution < 1.29 is 0 Å². The molecule has 1 aromatic heterocycles. The van der Waals surface area contributed by atoms with Crippen molar-refractivity contribution in [1.82, 2.24) is 9.55 Å². The largest absolute Gasteiger partial charge is 0.336 e. The number of rotatable bonds is 8. The van der Waals surface area contributed by atoms with Crippen LogP contribution in [0.1, 0.15) is 24.5 Å². The van der Waals surface area contributed by atoms with Crippen molar-refractivity contribution >= 4 is 46.6 Å². The molecule has 0 aliphatic carbocycles. The number of hydrogen-bond donors (Lipinski definition) is 0. The van der Waals surface area contributed by atoms with E-state index < -0.39 is 0 Å². The molecule has 0 N–H and O–H groups in total. The third-order valence-electron chi connectivity index (χ3n) is 4.52. The molecule has 2 nitrogen and oxygen atoms in total. The molecule has 0 amide bonds. The van der Waals surface area contributed by atoms with Crippen LogP contribution in [0, 0.1) is 0 Å². The van der Waals surface area contributed by atoms with Crippen LogP contribution in [0.3, 0.4) is 0 Å². The zero-order valence-electron chi connectivity index (χ0n) is 15.0. The Morgan fingerprint density at radius 3 is 2.44 bits per heavy atom. The lowest BCUT2D eigenvalue weighted by Crippen LogP contribution is -2.27. The highest BCUT2D eigenvalue weighted by atomic mass is 35.5. The molecule has 0 saturated heterocycles. The molecule has 0 aliphatic rings. The molecule has 0 radical (unpaired) electrons. The second kappa shape index (κ2) is 9.38. The number of aromatic nitrogens is 2. The standard InChI is InChI=1S/C21H21Cl3N2S/c1-21(14-26-11-10-25-15-26,9-8-16-2-5-18(22)6-3-16)27-13-17-4-7-19(23)12-20(17)24/h2-7,10-12,15H,8-9,13-14H2,1H3. The first-order valence-corrected chi connectivity index (χ1v) is 10.8. The summed E-state index contributed by atoms with van der Waals surface area (Å²) in [6, 6.07) is 13.8. The van der Waals surface area contributed by atoms with Crippen LogP contribution in [0.5, 0.6) is 0 Å². The van der Waals surface area contributed by atoms with E-state index in [2.05, 4.69) is 28.6 Å². The number of imidazole rings is 1. The fourth-order valence-corrected chi connectivity index (χ4v) is 4.84. The van der Waals surface area contributed by atoms with E-state index in [1.165, 1.54) is 5.56 Å². The van der Waals surface area contributed by atoms with E-state index in [1.807, 2.05) is 54.7 Å². The van der Waals surface area contributed by atoms with E-state index in [-0.39, 0.29) is 4.75 Å². The Balaban J connectivity index is 1.71. The molecule has 6 heteroatoms. The number of nitrogens with zero attached hydrogens (tertiary/aromatic N) is 2. The van der Waals surface area contributed by atoms with Crippen molar-refractivity contribution in [1.29, 1.82) is 0 Å². The van der Waals surface area contributed by atoms with Crippen molar-refractivity contribution in [3.63, 3.8) is 0 Å². The molecule has 0 spiro atoms. The topological polar surface area (TPSA) is 17.8 Å². The highest BCUT2D eigenvalue weighted by molar-refractivity contribution is 7.99. The fraction of sp³-hybridized carbons (Fsp3) is 0.286. The maximum absolute atomic E-state index is 6.36. The van der Waals surface area contributed by atoms with E-state index in [0.717, 1.165) is 40.7 Å². The molecule has 1 heterocycles.